The molecule has 1 aromatic heterocycles. The van der Waals surface area contributed by atoms with E-state index in [1.54, 1.807) is 11.1 Å². The molecule has 2 heterocycles. The van der Waals surface area contributed by atoms with Gasteiger partial charge in [0.2, 0.25) is 5.91 Å². The lowest BCUT2D eigenvalue weighted by Gasteiger charge is -2.17. The molecule has 0 aliphatic carbocycles. The molecule has 1 amide bonds. The minimum Gasteiger partial charge on any atom is -0.330 e. The van der Waals surface area contributed by atoms with E-state index in [0.717, 1.165) is 5.56 Å². The molecule has 86 valence electrons. The van der Waals surface area contributed by atoms with Gasteiger partial charge >= 0.3 is 0 Å². The molecule has 1 atom stereocenters. The normalized spacial score (nSPS) is 20.6. The van der Waals surface area contributed by atoms with Crippen molar-refractivity contribution in [2.24, 2.45) is 11.7 Å². The Hall–Kier alpha value is -1.13. The Balaban J connectivity index is 2.30. The van der Waals surface area contributed by atoms with Crippen molar-refractivity contribution in [1.82, 2.24) is 4.98 Å². The molecule has 0 spiro atoms. The topological polar surface area (TPSA) is 59.2 Å². The van der Waals surface area contributed by atoms with Crippen LogP contribution in [0.1, 0.15) is 12.0 Å². The first-order chi connectivity index (χ1) is 7.61. The van der Waals surface area contributed by atoms with Gasteiger partial charge in [-0.2, -0.15) is 0 Å². The molecule has 5 heteroatoms. The van der Waals surface area contributed by atoms with Gasteiger partial charge in [-0.05, 0) is 31.0 Å². The van der Waals surface area contributed by atoms with E-state index in [2.05, 4.69) is 4.98 Å². The van der Waals surface area contributed by atoms with Crippen LogP contribution in [0.15, 0.2) is 12.3 Å². The van der Waals surface area contributed by atoms with E-state index >= 15 is 0 Å². The zero-order chi connectivity index (χ0) is 11.7. The first kappa shape index (κ1) is 11.4. The number of aromatic nitrogens is 1. The fraction of sp³-hybridized carbons (Fsp3) is 0.455. The van der Waals surface area contributed by atoms with Crippen LogP contribution in [0.4, 0.5) is 5.69 Å². The van der Waals surface area contributed by atoms with Crippen LogP contribution in [0, 0.1) is 12.8 Å². The Morgan fingerprint density at radius 2 is 2.44 bits per heavy atom. The van der Waals surface area contributed by atoms with E-state index in [9.17, 15) is 4.79 Å². The van der Waals surface area contributed by atoms with E-state index in [-0.39, 0.29) is 11.8 Å². The van der Waals surface area contributed by atoms with Crippen molar-refractivity contribution in [2.45, 2.75) is 13.3 Å². The minimum atomic E-state index is 0.0738. The van der Waals surface area contributed by atoms with Gasteiger partial charge in [-0.1, -0.05) is 11.6 Å². The average Bonchev–Trinajstić information content (AvgIpc) is 2.63. The van der Waals surface area contributed by atoms with Gasteiger partial charge in [-0.15, -0.1) is 0 Å². The summed E-state index contributed by atoms with van der Waals surface area (Å²) in [5.74, 6) is 0.300. The number of carbonyl (C=O) groups excluding carboxylic acids is 1. The van der Waals surface area contributed by atoms with Gasteiger partial charge in [-0.25, -0.2) is 4.98 Å². The number of halogens is 1. The Morgan fingerprint density at radius 1 is 1.69 bits per heavy atom. The first-order valence-corrected chi connectivity index (χ1v) is 5.62. The number of rotatable bonds is 2. The van der Waals surface area contributed by atoms with Gasteiger partial charge in [0, 0.05) is 19.2 Å². The number of hydrogen-bond acceptors (Lipinski definition) is 3. The molecule has 1 unspecified atom stereocenters. The van der Waals surface area contributed by atoms with E-state index < -0.39 is 0 Å². The second-order valence-corrected chi connectivity index (χ2v) is 4.49. The van der Waals surface area contributed by atoms with Crippen molar-refractivity contribution in [3.63, 3.8) is 0 Å². The summed E-state index contributed by atoms with van der Waals surface area (Å²) in [5, 5.41) is 0.372. The van der Waals surface area contributed by atoms with Crippen molar-refractivity contribution in [2.75, 3.05) is 18.0 Å². The molecule has 16 heavy (non-hydrogen) atoms. The third-order valence-electron chi connectivity index (χ3n) is 2.79. The minimum absolute atomic E-state index is 0.0738. The van der Waals surface area contributed by atoms with Crippen LogP contribution < -0.4 is 10.6 Å². The van der Waals surface area contributed by atoms with Crippen LogP contribution in [0.2, 0.25) is 5.15 Å². The van der Waals surface area contributed by atoms with E-state index in [4.69, 9.17) is 17.3 Å². The largest absolute Gasteiger partial charge is 0.330 e. The van der Waals surface area contributed by atoms with Gasteiger partial charge in [-0.3, -0.25) is 4.79 Å². The van der Waals surface area contributed by atoms with E-state index in [1.807, 2.05) is 13.0 Å². The molecule has 2 rings (SSSR count). The van der Waals surface area contributed by atoms with Crippen molar-refractivity contribution in [3.05, 3.63) is 23.0 Å². The highest BCUT2D eigenvalue weighted by atomic mass is 35.5. The van der Waals surface area contributed by atoms with Gasteiger partial charge < -0.3 is 10.6 Å². The zero-order valence-electron chi connectivity index (χ0n) is 9.11. The van der Waals surface area contributed by atoms with Crippen molar-refractivity contribution in [1.29, 1.82) is 0 Å². The molecule has 1 aromatic rings. The van der Waals surface area contributed by atoms with Crippen molar-refractivity contribution < 1.29 is 4.79 Å². The molecule has 4 nitrogen and oxygen atoms in total. The quantitative estimate of drug-likeness (QED) is 0.793. The Bertz CT molecular complexity index is 422. The smallest absolute Gasteiger partial charge is 0.227 e. The summed E-state index contributed by atoms with van der Waals surface area (Å²) >= 11 is 6.00. The number of hydrogen-bond donors (Lipinski definition) is 1. The van der Waals surface area contributed by atoms with Crippen LogP contribution in [-0.2, 0) is 4.79 Å². The molecule has 1 aliphatic rings. The Labute approximate surface area is 99.4 Å². The maximum absolute atomic E-state index is 11.8. The lowest BCUT2D eigenvalue weighted by atomic mass is 10.1. The highest BCUT2D eigenvalue weighted by molar-refractivity contribution is 6.32. The molecule has 1 saturated heterocycles. The number of carbonyl (C=O) groups is 1. The summed E-state index contributed by atoms with van der Waals surface area (Å²) in [6.45, 7) is 3.09. The van der Waals surface area contributed by atoms with Gasteiger partial charge in [0.15, 0.2) is 5.15 Å². The van der Waals surface area contributed by atoms with Crippen molar-refractivity contribution in [3.8, 4) is 0 Å². The zero-order valence-corrected chi connectivity index (χ0v) is 9.87. The van der Waals surface area contributed by atoms with Crippen LogP contribution in [0.3, 0.4) is 0 Å². The Morgan fingerprint density at radius 3 is 3.06 bits per heavy atom. The summed E-state index contributed by atoms with van der Waals surface area (Å²) in [5.41, 5.74) is 7.26. The van der Waals surface area contributed by atoms with Gasteiger partial charge in [0.1, 0.15) is 0 Å². The molecule has 0 aromatic carbocycles. The Kier molecular flexibility index (Phi) is 3.12. The lowest BCUT2D eigenvalue weighted by molar-refractivity contribution is -0.117. The fourth-order valence-electron chi connectivity index (χ4n) is 1.90. The highest BCUT2D eigenvalue weighted by Gasteiger charge is 2.31. The standard InChI is InChI=1S/C11H14ClN3O/c1-7-2-9(11(12)14-5-7)15-6-8(4-13)3-10(15)16/h2,5,8H,3-4,6,13H2,1H3. The van der Waals surface area contributed by atoms with E-state index in [1.165, 1.54) is 0 Å². The fourth-order valence-corrected chi connectivity index (χ4v) is 2.10. The summed E-state index contributed by atoms with van der Waals surface area (Å²) in [7, 11) is 0. The summed E-state index contributed by atoms with van der Waals surface area (Å²) in [6, 6.07) is 1.88. The molecule has 0 radical (unpaired) electrons. The monoisotopic (exact) mass is 239 g/mol. The SMILES string of the molecule is Cc1cnc(Cl)c(N2CC(CN)CC2=O)c1. The molecule has 0 bridgehead atoms. The molecule has 1 fully saturated rings. The number of anilines is 1. The second kappa shape index (κ2) is 4.39. The van der Waals surface area contributed by atoms with Crippen molar-refractivity contribution >= 4 is 23.2 Å². The molecule has 0 saturated carbocycles. The lowest BCUT2D eigenvalue weighted by Crippen LogP contribution is -2.26. The number of aryl methyl sites for hydroxylation is 1. The number of amides is 1. The number of nitrogens with zero attached hydrogens (tertiary/aromatic N) is 2. The molecular weight excluding hydrogens is 226 g/mol. The summed E-state index contributed by atoms with van der Waals surface area (Å²) in [4.78, 5) is 17.5. The predicted molar refractivity (Wildman–Crippen MR) is 63.5 cm³/mol. The average molecular weight is 240 g/mol. The van der Waals surface area contributed by atoms with E-state index in [0.29, 0.717) is 30.4 Å². The predicted octanol–water partition coefficient (Wildman–Crippen LogP) is 1.36. The van der Waals surface area contributed by atoms with Crippen LogP contribution in [-0.4, -0.2) is 24.0 Å². The number of pyridine rings is 1. The molecule has 1 aliphatic heterocycles. The van der Waals surface area contributed by atoms with Crippen LogP contribution >= 0.6 is 11.6 Å². The maximum Gasteiger partial charge on any atom is 0.227 e. The highest BCUT2D eigenvalue weighted by Crippen LogP contribution is 2.30. The third kappa shape index (κ3) is 2.03. The van der Waals surface area contributed by atoms with Gasteiger partial charge in [0.25, 0.3) is 0 Å². The first-order valence-electron chi connectivity index (χ1n) is 5.24. The summed E-state index contributed by atoms with van der Waals surface area (Å²) < 4.78 is 0. The number of nitrogens with two attached hydrogens (primary N) is 1. The molecular formula is C11H14ClN3O. The summed E-state index contributed by atoms with van der Waals surface area (Å²) in [6.07, 6.45) is 2.19. The molecule has 2 N–H and O–H groups in total. The van der Waals surface area contributed by atoms with Crippen LogP contribution in [0.25, 0.3) is 0 Å². The second-order valence-electron chi connectivity index (χ2n) is 4.13. The third-order valence-corrected chi connectivity index (χ3v) is 3.08. The van der Waals surface area contributed by atoms with Crippen LogP contribution in [0.5, 0.6) is 0 Å². The maximum atomic E-state index is 11.8. The van der Waals surface area contributed by atoms with Gasteiger partial charge in [0.05, 0.1) is 5.69 Å².